The van der Waals surface area contributed by atoms with Gasteiger partial charge >= 0.3 is 18.1 Å². The molecule has 0 bridgehead atoms. The van der Waals surface area contributed by atoms with E-state index >= 15 is 0 Å². The molecule has 4 aromatic carbocycles. The van der Waals surface area contributed by atoms with Gasteiger partial charge in [0.15, 0.2) is 23.8 Å². The molecule has 1 aliphatic rings. The van der Waals surface area contributed by atoms with E-state index in [-0.39, 0.29) is 30.9 Å². The van der Waals surface area contributed by atoms with E-state index in [2.05, 4.69) is 9.88 Å². The number of hydrogen-bond acceptors (Lipinski definition) is 8. The van der Waals surface area contributed by atoms with Crippen LogP contribution in [-0.2, 0) is 46.5 Å². The van der Waals surface area contributed by atoms with Crippen molar-refractivity contribution in [3.05, 3.63) is 135 Å². The highest BCUT2D eigenvalue weighted by Gasteiger charge is 2.30. The number of halogens is 5. The number of aliphatic hydroxyl groups is 2. The largest absolute Gasteiger partial charge is 0.479 e. The number of likely N-dealkylation sites (tertiary alicyclic amines) is 1. The van der Waals surface area contributed by atoms with Crippen molar-refractivity contribution in [2.75, 3.05) is 26.2 Å². The fraction of sp³-hybridized carbons (Fsp3) is 0.326. The first kappa shape index (κ1) is 45.1. The number of aliphatic carboxylic acids is 2. The van der Waals surface area contributed by atoms with Crippen molar-refractivity contribution in [3.63, 3.8) is 0 Å². The Labute approximate surface area is 340 Å². The molecule has 0 aliphatic carbocycles. The van der Waals surface area contributed by atoms with Crippen LogP contribution in [0, 0.1) is 11.6 Å². The fourth-order valence-corrected chi connectivity index (χ4v) is 6.79. The highest BCUT2D eigenvalue weighted by atomic mass is 19.4. The second kappa shape index (κ2) is 20.3. The number of aromatic nitrogens is 2. The number of nitrogens with zero attached hydrogens (tertiary/aromatic N) is 4. The van der Waals surface area contributed by atoms with Crippen molar-refractivity contribution in [2.45, 2.75) is 63.6 Å². The van der Waals surface area contributed by atoms with Crippen LogP contribution in [0.3, 0.4) is 0 Å². The molecule has 2 atom stereocenters. The molecule has 60 heavy (non-hydrogen) atoms. The summed E-state index contributed by atoms with van der Waals surface area (Å²) >= 11 is 0. The number of amides is 1. The smallest absolute Gasteiger partial charge is 0.416 e. The number of fused-ring (bicyclic) bond motifs is 1. The van der Waals surface area contributed by atoms with Gasteiger partial charge in [0.1, 0.15) is 12.4 Å². The van der Waals surface area contributed by atoms with Gasteiger partial charge in [-0.3, -0.25) is 9.59 Å². The Hall–Kier alpha value is -6.04. The summed E-state index contributed by atoms with van der Waals surface area (Å²) in [5.74, 6) is -5.36. The molecule has 6 rings (SSSR count). The number of rotatable bonds is 15. The molecule has 1 fully saturated rings. The Morgan fingerprint density at radius 3 is 1.98 bits per heavy atom. The summed E-state index contributed by atoms with van der Waals surface area (Å²) in [5, 5.41) is 32.9. The van der Waals surface area contributed by atoms with Crippen molar-refractivity contribution in [1.82, 2.24) is 19.4 Å². The zero-order valence-electron chi connectivity index (χ0n) is 32.2. The minimum absolute atomic E-state index is 0.0768. The maximum absolute atomic E-state index is 14.5. The highest BCUT2D eigenvalue weighted by Crippen LogP contribution is 2.31. The van der Waals surface area contributed by atoms with Gasteiger partial charge in [-0.1, -0.05) is 60.7 Å². The van der Waals surface area contributed by atoms with Gasteiger partial charge in [0, 0.05) is 19.5 Å². The first-order valence-corrected chi connectivity index (χ1v) is 19.0. The van der Waals surface area contributed by atoms with Gasteiger partial charge < -0.3 is 34.8 Å². The van der Waals surface area contributed by atoms with Crippen molar-refractivity contribution < 1.29 is 56.8 Å². The third-order valence-electron chi connectivity index (χ3n) is 10.0. The summed E-state index contributed by atoms with van der Waals surface area (Å²) in [7, 11) is 0. The van der Waals surface area contributed by atoms with E-state index in [0.717, 1.165) is 68.2 Å². The first-order valence-electron chi connectivity index (χ1n) is 19.0. The van der Waals surface area contributed by atoms with Gasteiger partial charge in [0.05, 0.1) is 16.5 Å². The topological polar surface area (TPSA) is 174 Å². The highest BCUT2D eigenvalue weighted by molar-refractivity contribution is 5.83. The predicted molar refractivity (Wildman–Crippen MR) is 210 cm³/mol. The van der Waals surface area contributed by atoms with E-state index in [9.17, 15) is 41.1 Å². The Kier molecular flexibility index (Phi) is 15.2. The van der Waals surface area contributed by atoms with E-state index in [4.69, 9.17) is 20.4 Å². The number of hydrogen-bond donors (Lipinski definition) is 4. The maximum atomic E-state index is 14.5. The van der Waals surface area contributed by atoms with E-state index in [1.807, 2.05) is 24.3 Å². The van der Waals surface area contributed by atoms with E-state index in [1.165, 1.54) is 24.3 Å². The molecule has 0 unspecified atom stereocenters. The SMILES string of the molecule is O=C(Cn1c(CCc2cccc(F)c2F)nc(=O)c2ccccc21)N(CCCN1CCCC1)Cc1ccc(-c2ccc(C(F)(F)F)cc2)cc1.O=C(O)[C@H](O)[C@@H](O)C(=O)O. The summed E-state index contributed by atoms with van der Waals surface area (Å²) in [6, 6.07) is 23.2. The Bertz CT molecular complexity index is 2310. The van der Waals surface area contributed by atoms with Crippen LogP contribution >= 0.6 is 0 Å². The van der Waals surface area contributed by atoms with Crippen molar-refractivity contribution in [2.24, 2.45) is 0 Å². The van der Waals surface area contributed by atoms with Gasteiger partial charge in [-0.15, -0.1) is 0 Å². The Morgan fingerprint density at radius 2 is 1.38 bits per heavy atom. The average molecular weight is 839 g/mol. The van der Waals surface area contributed by atoms with Crippen LogP contribution in [-0.4, -0.2) is 96.0 Å². The molecule has 4 N–H and O–H groups in total. The molecular weight excluding hydrogens is 795 g/mol. The molecule has 318 valence electrons. The van der Waals surface area contributed by atoms with Crippen molar-refractivity contribution >= 4 is 28.7 Å². The minimum Gasteiger partial charge on any atom is -0.479 e. The summed E-state index contributed by atoms with van der Waals surface area (Å²) < 4.78 is 69.3. The number of carbonyl (C=O) groups excluding carboxylic acids is 1. The summed E-state index contributed by atoms with van der Waals surface area (Å²) in [6.07, 6.45) is -5.70. The lowest BCUT2D eigenvalue weighted by Gasteiger charge is -2.26. The lowest BCUT2D eigenvalue weighted by molar-refractivity contribution is -0.165. The van der Waals surface area contributed by atoms with Crippen molar-refractivity contribution in [1.29, 1.82) is 0 Å². The van der Waals surface area contributed by atoms with Crippen LogP contribution in [0.15, 0.2) is 95.8 Å². The van der Waals surface area contributed by atoms with Gasteiger partial charge in [0.2, 0.25) is 5.91 Å². The molecule has 12 nitrogen and oxygen atoms in total. The van der Waals surface area contributed by atoms with E-state index in [1.54, 1.807) is 33.7 Å². The molecule has 0 radical (unpaired) electrons. The van der Waals surface area contributed by atoms with Crippen LogP contribution in [0.25, 0.3) is 22.0 Å². The number of carboxylic acids is 2. The van der Waals surface area contributed by atoms with Crippen LogP contribution in [0.1, 0.15) is 41.8 Å². The molecule has 5 aromatic rings. The third kappa shape index (κ3) is 11.8. The molecule has 1 aromatic heterocycles. The van der Waals surface area contributed by atoms with Crippen LogP contribution < -0.4 is 5.56 Å². The standard InChI is InChI=1S/C39H37F5N4O2.C4H6O6/c40-33-9-5-7-30(37(33)41)17-20-35-45-38(50)32-8-1-2-10-34(32)48(35)26-36(49)47(24-6-23-46-21-3-4-22-46)25-27-11-13-28(14-12-27)29-15-18-31(19-16-29)39(42,43)44;5-1(3(7)8)2(6)4(9)10/h1-2,5,7-16,18-19H,3-4,6,17,20-26H2;1-2,5-6H,(H,7,8)(H,9,10)/t;1-,2-/m.1/s1. The van der Waals surface area contributed by atoms with E-state index in [0.29, 0.717) is 35.4 Å². The molecule has 1 amide bonds. The van der Waals surface area contributed by atoms with E-state index < -0.39 is 53.1 Å². The third-order valence-corrected chi connectivity index (χ3v) is 10.0. The normalized spacial score (nSPS) is 14.0. The van der Waals surface area contributed by atoms with Gasteiger partial charge in [-0.25, -0.2) is 18.4 Å². The molecular formula is C43H43F5N4O8. The lowest BCUT2D eigenvalue weighted by Crippen LogP contribution is -2.39. The predicted octanol–water partition coefficient (Wildman–Crippen LogP) is 5.54. The Balaban J connectivity index is 0.000000606. The number of aryl methyl sites for hydroxylation is 2. The monoisotopic (exact) mass is 838 g/mol. The summed E-state index contributed by atoms with van der Waals surface area (Å²) in [4.78, 5) is 55.2. The molecule has 17 heteroatoms. The number of benzene rings is 4. The number of para-hydroxylation sites is 1. The zero-order chi connectivity index (χ0) is 43.6. The van der Waals surface area contributed by atoms with Gasteiger partial charge in [-0.05, 0) is 97.9 Å². The quantitative estimate of drug-likeness (QED) is 0.0982. The van der Waals surface area contributed by atoms with Crippen LogP contribution in [0.4, 0.5) is 22.0 Å². The lowest BCUT2D eigenvalue weighted by atomic mass is 10.0. The average Bonchev–Trinajstić information content (AvgIpc) is 3.75. The second-order valence-corrected chi connectivity index (χ2v) is 14.2. The molecule has 0 saturated carbocycles. The van der Waals surface area contributed by atoms with Crippen LogP contribution in [0.5, 0.6) is 0 Å². The fourth-order valence-electron chi connectivity index (χ4n) is 6.79. The first-order chi connectivity index (χ1) is 28.5. The zero-order valence-corrected chi connectivity index (χ0v) is 32.2. The van der Waals surface area contributed by atoms with Crippen LogP contribution in [0.2, 0.25) is 0 Å². The number of aliphatic hydroxyl groups excluding tert-OH is 2. The van der Waals surface area contributed by atoms with Crippen molar-refractivity contribution in [3.8, 4) is 11.1 Å². The van der Waals surface area contributed by atoms with Gasteiger partial charge in [-0.2, -0.15) is 18.2 Å². The minimum atomic E-state index is -4.41. The summed E-state index contributed by atoms with van der Waals surface area (Å²) in [6.45, 7) is 3.56. The maximum Gasteiger partial charge on any atom is 0.416 e. The van der Waals surface area contributed by atoms with Gasteiger partial charge in [0.25, 0.3) is 5.56 Å². The second-order valence-electron chi connectivity index (χ2n) is 14.2. The molecule has 0 spiro atoms. The summed E-state index contributed by atoms with van der Waals surface area (Å²) in [5.41, 5.74) is 1.73. The molecule has 2 heterocycles. The number of carbonyl (C=O) groups is 3. The molecule has 1 aliphatic heterocycles. The number of carboxylic acid groups (broad SMARTS) is 2. The molecule has 1 saturated heterocycles. The Morgan fingerprint density at radius 1 is 0.783 bits per heavy atom. The number of alkyl halides is 3.